The molecule has 0 fully saturated rings. The summed E-state index contributed by atoms with van der Waals surface area (Å²) in [7, 11) is 1.66. The van der Waals surface area contributed by atoms with Crippen molar-refractivity contribution in [3.05, 3.63) is 66.5 Å². The highest BCUT2D eigenvalue weighted by molar-refractivity contribution is 5.89. The first kappa shape index (κ1) is 16.2. The lowest BCUT2D eigenvalue weighted by atomic mass is 10.0. The number of rotatable bonds is 3. The molecule has 1 aromatic heterocycles. The van der Waals surface area contributed by atoms with Crippen molar-refractivity contribution in [1.82, 2.24) is 14.7 Å². The van der Waals surface area contributed by atoms with E-state index in [1.54, 1.807) is 7.11 Å². The molecule has 26 heavy (non-hydrogen) atoms. The third-order valence-corrected chi connectivity index (χ3v) is 4.58. The zero-order valence-electron chi connectivity index (χ0n) is 14.6. The minimum absolute atomic E-state index is 0.102. The fourth-order valence-electron chi connectivity index (χ4n) is 3.23. The highest BCUT2D eigenvalue weighted by Gasteiger charge is 2.25. The number of ether oxygens (including phenoxy) is 1. The summed E-state index contributed by atoms with van der Waals surface area (Å²) in [6.45, 7) is 1.80. The summed E-state index contributed by atoms with van der Waals surface area (Å²) in [5, 5.41) is 7.44. The molecule has 0 aliphatic carbocycles. The summed E-state index contributed by atoms with van der Waals surface area (Å²) >= 11 is 0. The number of amides is 2. The lowest BCUT2D eigenvalue weighted by molar-refractivity contribution is 0.194. The van der Waals surface area contributed by atoms with Crippen LogP contribution >= 0.6 is 0 Å². The Morgan fingerprint density at radius 1 is 1.04 bits per heavy atom. The van der Waals surface area contributed by atoms with Gasteiger partial charge in [0, 0.05) is 23.4 Å². The number of benzene rings is 2. The number of carbonyl (C=O) groups is 1. The van der Waals surface area contributed by atoms with Crippen LogP contribution in [0.1, 0.15) is 5.69 Å². The fraction of sp³-hybridized carbons (Fsp3) is 0.200. The molecule has 0 bridgehead atoms. The number of anilines is 1. The van der Waals surface area contributed by atoms with Crippen molar-refractivity contribution < 1.29 is 9.53 Å². The number of hydrogen-bond donors (Lipinski definition) is 1. The van der Waals surface area contributed by atoms with E-state index in [9.17, 15) is 4.79 Å². The lowest BCUT2D eigenvalue weighted by Crippen LogP contribution is -2.41. The van der Waals surface area contributed by atoms with Gasteiger partial charge in [-0.3, -0.25) is 4.68 Å². The van der Waals surface area contributed by atoms with Gasteiger partial charge in [-0.15, -0.1) is 0 Å². The average Bonchev–Trinajstić information content (AvgIpc) is 3.11. The van der Waals surface area contributed by atoms with Crippen molar-refractivity contribution in [3.63, 3.8) is 0 Å². The molecule has 0 saturated carbocycles. The van der Waals surface area contributed by atoms with Gasteiger partial charge in [0.25, 0.3) is 0 Å². The van der Waals surface area contributed by atoms with E-state index in [-0.39, 0.29) is 6.03 Å². The smallest absolute Gasteiger partial charge is 0.322 e. The third-order valence-electron chi connectivity index (χ3n) is 4.58. The van der Waals surface area contributed by atoms with Gasteiger partial charge in [-0.25, -0.2) is 4.79 Å². The van der Waals surface area contributed by atoms with Gasteiger partial charge in [0.05, 0.1) is 32.1 Å². The summed E-state index contributed by atoms with van der Waals surface area (Å²) in [5.74, 6) is 0.800. The molecule has 4 rings (SSSR count). The van der Waals surface area contributed by atoms with Crippen LogP contribution in [-0.4, -0.2) is 34.4 Å². The molecule has 6 nitrogen and oxygen atoms in total. The first-order chi connectivity index (χ1) is 12.8. The SMILES string of the molecule is COc1ccccc1-c1cnn2c1CN(C(=O)Nc1ccccc1)CC2. The van der Waals surface area contributed by atoms with Gasteiger partial charge in [-0.1, -0.05) is 36.4 Å². The summed E-state index contributed by atoms with van der Waals surface area (Å²) in [5.41, 5.74) is 3.80. The van der Waals surface area contributed by atoms with Gasteiger partial charge in [-0.05, 0) is 18.2 Å². The molecule has 2 aromatic carbocycles. The van der Waals surface area contributed by atoms with Crippen molar-refractivity contribution in [2.24, 2.45) is 0 Å². The molecule has 132 valence electrons. The van der Waals surface area contributed by atoms with E-state index in [1.165, 1.54) is 0 Å². The second-order valence-electron chi connectivity index (χ2n) is 6.15. The molecule has 1 aliphatic rings. The molecule has 1 N–H and O–H groups in total. The molecule has 0 unspecified atom stereocenters. The highest BCUT2D eigenvalue weighted by Crippen LogP contribution is 2.33. The van der Waals surface area contributed by atoms with Crippen LogP contribution < -0.4 is 10.1 Å². The van der Waals surface area contributed by atoms with Gasteiger partial charge in [0.1, 0.15) is 5.75 Å². The predicted molar refractivity (Wildman–Crippen MR) is 100 cm³/mol. The summed E-state index contributed by atoms with van der Waals surface area (Å²) in [6.07, 6.45) is 1.85. The van der Waals surface area contributed by atoms with Gasteiger partial charge >= 0.3 is 6.03 Å². The van der Waals surface area contributed by atoms with Crippen LogP contribution in [-0.2, 0) is 13.1 Å². The van der Waals surface area contributed by atoms with Gasteiger partial charge in [0.15, 0.2) is 0 Å². The Morgan fingerprint density at radius 3 is 2.62 bits per heavy atom. The van der Waals surface area contributed by atoms with Crippen LogP contribution in [0.15, 0.2) is 60.8 Å². The van der Waals surface area contributed by atoms with E-state index >= 15 is 0 Å². The highest BCUT2D eigenvalue weighted by atomic mass is 16.5. The number of hydrogen-bond acceptors (Lipinski definition) is 3. The molecule has 2 amide bonds. The predicted octanol–water partition coefficient (Wildman–Crippen LogP) is 3.61. The van der Waals surface area contributed by atoms with Crippen LogP contribution in [0.4, 0.5) is 10.5 Å². The number of para-hydroxylation sites is 2. The van der Waals surface area contributed by atoms with E-state index in [2.05, 4.69) is 10.4 Å². The van der Waals surface area contributed by atoms with E-state index in [4.69, 9.17) is 4.74 Å². The normalized spacial score (nSPS) is 13.2. The summed E-state index contributed by atoms with van der Waals surface area (Å²) in [6, 6.07) is 17.3. The van der Waals surface area contributed by atoms with E-state index in [0.29, 0.717) is 19.6 Å². The first-order valence-electron chi connectivity index (χ1n) is 8.55. The quantitative estimate of drug-likeness (QED) is 0.787. The van der Waals surface area contributed by atoms with E-state index in [1.807, 2.05) is 70.4 Å². The largest absolute Gasteiger partial charge is 0.496 e. The zero-order valence-corrected chi connectivity index (χ0v) is 14.6. The maximum Gasteiger partial charge on any atom is 0.322 e. The first-order valence-corrected chi connectivity index (χ1v) is 8.55. The third kappa shape index (κ3) is 3.01. The lowest BCUT2D eigenvalue weighted by Gasteiger charge is -2.28. The van der Waals surface area contributed by atoms with Crippen molar-refractivity contribution in [2.45, 2.75) is 13.1 Å². The second-order valence-corrected chi connectivity index (χ2v) is 6.15. The van der Waals surface area contributed by atoms with Crippen LogP contribution in [0.2, 0.25) is 0 Å². The Hall–Kier alpha value is -3.28. The number of nitrogens with zero attached hydrogens (tertiary/aromatic N) is 3. The molecule has 3 aromatic rings. The molecular weight excluding hydrogens is 328 g/mol. The zero-order chi connectivity index (χ0) is 17.9. The van der Waals surface area contributed by atoms with Crippen molar-refractivity contribution in [1.29, 1.82) is 0 Å². The maximum absolute atomic E-state index is 12.6. The monoisotopic (exact) mass is 348 g/mol. The molecule has 2 heterocycles. The Kier molecular flexibility index (Phi) is 4.31. The van der Waals surface area contributed by atoms with Gasteiger partial charge < -0.3 is 15.0 Å². The van der Waals surface area contributed by atoms with Crippen molar-refractivity contribution in [2.75, 3.05) is 19.0 Å². The van der Waals surface area contributed by atoms with Gasteiger partial charge in [-0.2, -0.15) is 5.10 Å². The molecule has 6 heteroatoms. The van der Waals surface area contributed by atoms with Crippen molar-refractivity contribution >= 4 is 11.7 Å². The molecule has 1 aliphatic heterocycles. The van der Waals surface area contributed by atoms with Crippen molar-refractivity contribution in [3.8, 4) is 16.9 Å². The van der Waals surface area contributed by atoms with Crippen LogP contribution in [0.5, 0.6) is 5.75 Å². The van der Waals surface area contributed by atoms with E-state index < -0.39 is 0 Å². The molecular formula is C20H20N4O2. The Balaban J connectivity index is 1.59. The molecule has 0 atom stereocenters. The number of aromatic nitrogens is 2. The van der Waals surface area contributed by atoms with E-state index in [0.717, 1.165) is 28.3 Å². The van der Waals surface area contributed by atoms with Crippen LogP contribution in [0, 0.1) is 0 Å². The Labute approximate surface area is 152 Å². The molecule has 0 saturated heterocycles. The number of nitrogens with one attached hydrogen (secondary N) is 1. The summed E-state index contributed by atoms with van der Waals surface area (Å²) in [4.78, 5) is 14.4. The fourth-order valence-corrected chi connectivity index (χ4v) is 3.23. The summed E-state index contributed by atoms with van der Waals surface area (Å²) < 4.78 is 7.45. The van der Waals surface area contributed by atoms with Crippen LogP contribution in [0.25, 0.3) is 11.1 Å². The van der Waals surface area contributed by atoms with Crippen LogP contribution in [0.3, 0.4) is 0 Å². The Morgan fingerprint density at radius 2 is 1.81 bits per heavy atom. The number of methoxy groups -OCH3 is 1. The molecule has 0 spiro atoms. The number of fused-ring (bicyclic) bond motifs is 1. The number of carbonyl (C=O) groups excluding carboxylic acids is 1. The second kappa shape index (κ2) is 6.92. The molecule has 0 radical (unpaired) electrons. The Bertz CT molecular complexity index is 921. The standard InChI is InChI=1S/C20H20N4O2/c1-26-19-10-6-5-9-16(19)17-13-21-24-12-11-23(14-18(17)24)20(25)22-15-7-3-2-4-8-15/h2-10,13H,11-12,14H2,1H3,(H,22,25). The minimum Gasteiger partial charge on any atom is -0.496 e. The topological polar surface area (TPSA) is 59.4 Å². The minimum atomic E-state index is -0.102. The maximum atomic E-state index is 12.6. The van der Waals surface area contributed by atoms with Gasteiger partial charge in [0.2, 0.25) is 0 Å². The average molecular weight is 348 g/mol. The number of urea groups is 1.